The van der Waals surface area contributed by atoms with Crippen LogP contribution in [0.15, 0.2) is 42.5 Å². The van der Waals surface area contributed by atoms with Gasteiger partial charge in [0.05, 0.1) is 6.04 Å². The number of aryl methyl sites for hydroxylation is 2. The molecule has 0 saturated carbocycles. The van der Waals surface area contributed by atoms with Crippen LogP contribution in [0.4, 0.5) is 0 Å². The molecule has 2 heteroatoms. The molecule has 19 heavy (non-hydrogen) atoms. The van der Waals surface area contributed by atoms with Crippen LogP contribution in [0.25, 0.3) is 0 Å². The fraction of sp³-hybridized carbons (Fsp3) is 0.294. The smallest absolute Gasteiger partial charge is 0.0574 e. The third-order valence-corrected chi connectivity index (χ3v) is 4.67. The van der Waals surface area contributed by atoms with Crippen molar-refractivity contribution < 1.29 is 0 Å². The fourth-order valence-electron chi connectivity index (χ4n) is 2.95. The number of rotatable bonds is 3. The van der Waals surface area contributed by atoms with Gasteiger partial charge in [-0.15, -0.1) is 0 Å². The van der Waals surface area contributed by atoms with Gasteiger partial charge in [-0.1, -0.05) is 30.3 Å². The Hall–Kier alpha value is -0.870. The Morgan fingerprint density at radius 1 is 0.947 bits per heavy atom. The summed E-state index contributed by atoms with van der Waals surface area (Å²) < 4.78 is 1.28. The predicted octanol–water partition coefficient (Wildman–Crippen LogP) is 4.09. The van der Waals surface area contributed by atoms with Crippen molar-refractivity contribution >= 4 is 22.6 Å². The minimum absolute atomic E-state index is 0.294. The van der Waals surface area contributed by atoms with Gasteiger partial charge < -0.3 is 5.32 Å². The second-order valence-corrected chi connectivity index (χ2v) is 6.40. The Kier molecular flexibility index (Phi) is 3.89. The Morgan fingerprint density at radius 2 is 1.63 bits per heavy atom. The summed E-state index contributed by atoms with van der Waals surface area (Å²) in [4.78, 5) is 0. The molecule has 1 aliphatic carbocycles. The maximum Gasteiger partial charge on any atom is 0.0574 e. The van der Waals surface area contributed by atoms with Gasteiger partial charge in [0.15, 0.2) is 0 Å². The number of fused-ring (bicyclic) bond motifs is 1. The van der Waals surface area contributed by atoms with Crippen LogP contribution in [0.1, 0.15) is 34.7 Å². The zero-order valence-electron chi connectivity index (χ0n) is 11.1. The quantitative estimate of drug-likeness (QED) is 0.810. The predicted molar refractivity (Wildman–Crippen MR) is 88.5 cm³/mol. The highest BCUT2D eigenvalue weighted by Crippen LogP contribution is 2.28. The summed E-state index contributed by atoms with van der Waals surface area (Å²) in [7, 11) is 2.04. The van der Waals surface area contributed by atoms with E-state index in [-0.39, 0.29) is 0 Å². The summed E-state index contributed by atoms with van der Waals surface area (Å²) in [5.74, 6) is 0. The van der Waals surface area contributed by atoms with E-state index in [0.29, 0.717) is 6.04 Å². The van der Waals surface area contributed by atoms with Crippen molar-refractivity contribution in [2.45, 2.75) is 25.3 Å². The largest absolute Gasteiger partial charge is 0.309 e. The van der Waals surface area contributed by atoms with Crippen LogP contribution in [-0.2, 0) is 12.8 Å². The number of hydrogen-bond acceptors (Lipinski definition) is 1. The molecule has 3 rings (SSSR count). The van der Waals surface area contributed by atoms with Crippen LogP contribution in [0.3, 0.4) is 0 Å². The monoisotopic (exact) mass is 363 g/mol. The molecule has 2 aromatic rings. The van der Waals surface area contributed by atoms with E-state index in [9.17, 15) is 0 Å². The van der Waals surface area contributed by atoms with Gasteiger partial charge in [0.2, 0.25) is 0 Å². The molecule has 0 aromatic heterocycles. The molecule has 2 aromatic carbocycles. The van der Waals surface area contributed by atoms with Gasteiger partial charge >= 0.3 is 0 Å². The van der Waals surface area contributed by atoms with Crippen molar-refractivity contribution in [2.24, 2.45) is 0 Å². The Morgan fingerprint density at radius 3 is 2.37 bits per heavy atom. The lowest BCUT2D eigenvalue weighted by Gasteiger charge is -2.18. The first kappa shape index (κ1) is 13.1. The second kappa shape index (κ2) is 5.63. The van der Waals surface area contributed by atoms with Crippen molar-refractivity contribution in [2.75, 3.05) is 7.05 Å². The van der Waals surface area contributed by atoms with Crippen LogP contribution >= 0.6 is 22.6 Å². The molecule has 0 saturated heterocycles. The number of benzene rings is 2. The standard InChI is InChI=1S/C17H18IN/c1-19-17(13-7-9-16(18)10-8-13)15-6-5-12-3-2-4-14(12)11-15/h5-11,17,19H,2-4H2,1H3. The van der Waals surface area contributed by atoms with Crippen LogP contribution in [-0.4, -0.2) is 7.05 Å². The molecule has 1 N–H and O–H groups in total. The summed E-state index contributed by atoms with van der Waals surface area (Å²) in [6.45, 7) is 0. The van der Waals surface area contributed by atoms with Gasteiger partial charge in [0.1, 0.15) is 0 Å². The normalized spacial score (nSPS) is 15.3. The van der Waals surface area contributed by atoms with E-state index < -0.39 is 0 Å². The maximum absolute atomic E-state index is 3.44. The Labute approximate surface area is 128 Å². The first-order valence-electron chi connectivity index (χ1n) is 6.82. The molecule has 0 radical (unpaired) electrons. The Bertz CT molecular complexity index is 574. The minimum atomic E-state index is 0.294. The lowest BCUT2D eigenvalue weighted by atomic mass is 9.96. The molecule has 0 amide bonds. The van der Waals surface area contributed by atoms with Crippen molar-refractivity contribution in [3.8, 4) is 0 Å². The number of halogens is 1. The van der Waals surface area contributed by atoms with Crippen molar-refractivity contribution in [1.29, 1.82) is 0 Å². The zero-order chi connectivity index (χ0) is 13.2. The molecule has 1 unspecified atom stereocenters. The van der Waals surface area contributed by atoms with Gasteiger partial charge in [0, 0.05) is 3.57 Å². The summed E-state index contributed by atoms with van der Waals surface area (Å²) in [5, 5.41) is 3.44. The van der Waals surface area contributed by atoms with Gasteiger partial charge in [-0.2, -0.15) is 0 Å². The molecule has 0 spiro atoms. The van der Waals surface area contributed by atoms with E-state index in [2.05, 4.69) is 70.4 Å². The zero-order valence-corrected chi connectivity index (χ0v) is 13.3. The van der Waals surface area contributed by atoms with E-state index in [4.69, 9.17) is 0 Å². The molecule has 0 fully saturated rings. The summed E-state index contributed by atoms with van der Waals surface area (Å²) in [6.07, 6.45) is 3.81. The average Bonchev–Trinajstić information content (AvgIpc) is 2.89. The fourth-order valence-corrected chi connectivity index (χ4v) is 3.31. The van der Waals surface area contributed by atoms with E-state index in [1.807, 2.05) is 7.05 Å². The van der Waals surface area contributed by atoms with Crippen molar-refractivity contribution in [1.82, 2.24) is 5.32 Å². The van der Waals surface area contributed by atoms with Gasteiger partial charge in [-0.3, -0.25) is 0 Å². The lowest BCUT2D eigenvalue weighted by Crippen LogP contribution is -2.17. The summed E-state index contributed by atoms with van der Waals surface area (Å²) >= 11 is 2.35. The minimum Gasteiger partial charge on any atom is -0.309 e. The maximum atomic E-state index is 3.44. The molecule has 1 atom stereocenters. The van der Waals surface area contributed by atoms with Crippen LogP contribution in [0.5, 0.6) is 0 Å². The van der Waals surface area contributed by atoms with E-state index in [0.717, 1.165) is 0 Å². The number of hydrogen-bond donors (Lipinski definition) is 1. The molecule has 1 nitrogen and oxygen atoms in total. The first-order valence-corrected chi connectivity index (χ1v) is 7.90. The first-order chi connectivity index (χ1) is 9.28. The summed E-state index contributed by atoms with van der Waals surface area (Å²) in [6, 6.07) is 16.1. The molecule has 1 aliphatic rings. The molecule has 0 heterocycles. The molecular formula is C17H18IN. The SMILES string of the molecule is CNC(c1ccc(I)cc1)c1ccc2c(c1)CCC2. The third kappa shape index (κ3) is 2.70. The van der Waals surface area contributed by atoms with Crippen LogP contribution in [0.2, 0.25) is 0 Å². The van der Waals surface area contributed by atoms with E-state index in [1.165, 1.54) is 34.0 Å². The highest BCUT2D eigenvalue weighted by molar-refractivity contribution is 14.1. The van der Waals surface area contributed by atoms with Gasteiger partial charge in [0.25, 0.3) is 0 Å². The highest BCUT2D eigenvalue weighted by atomic mass is 127. The van der Waals surface area contributed by atoms with Gasteiger partial charge in [-0.25, -0.2) is 0 Å². The van der Waals surface area contributed by atoms with Gasteiger partial charge in [-0.05, 0) is 83.3 Å². The van der Waals surface area contributed by atoms with Crippen LogP contribution < -0.4 is 5.32 Å². The molecular weight excluding hydrogens is 345 g/mol. The van der Waals surface area contributed by atoms with Crippen molar-refractivity contribution in [3.05, 3.63) is 68.3 Å². The van der Waals surface area contributed by atoms with E-state index >= 15 is 0 Å². The lowest BCUT2D eigenvalue weighted by molar-refractivity contribution is 0.691. The third-order valence-electron chi connectivity index (χ3n) is 3.95. The van der Waals surface area contributed by atoms with E-state index in [1.54, 1.807) is 11.1 Å². The molecule has 0 bridgehead atoms. The topological polar surface area (TPSA) is 12.0 Å². The highest BCUT2D eigenvalue weighted by Gasteiger charge is 2.16. The summed E-state index contributed by atoms with van der Waals surface area (Å²) in [5.41, 5.74) is 5.80. The average molecular weight is 363 g/mol. The van der Waals surface area contributed by atoms with Crippen LogP contribution in [0, 0.1) is 3.57 Å². The molecule has 0 aliphatic heterocycles. The second-order valence-electron chi connectivity index (χ2n) is 5.15. The molecule has 98 valence electrons. The number of nitrogens with one attached hydrogen (secondary N) is 1. The Balaban J connectivity index is 1.96. The van der Waals surface area contributed by atoms with Crippen molar-refractivity contribution in [3.63, 3.8) is 0 Å².